The predicted molar refractivity (Wildman–Crippen MR) is 85.2 cm³/mol. The third-order valence-corrected chi connectivity index (χ3v) is 4.28. The van der Waals surface area contributed by atoms with Gasteiger partial charge >= 0.3 is 0 Å². The van der Waals surface area contributed by atoms with Gasteiger partial charge in [-0.25, -0.2) is 9.97 Å². The number of hydrogen-bond donors (Lipinski definition) is 2. The van der Waals surface area contributed by atoms with Crippen molar-refractivity contribution in [3.05, 3.63) is 46.2 Å². The summed E-state index contributed by atoms with van der Waals surface area (Å²) in [6.45, 7) is 2.89. The molecule has 2 aromatic rings. The number of nitrogens with zero attached hydrogens (tertiary/aromatic N) is 2. The van der Waals surface area contributed by atoms with Gasteiger partial charge in [0, 0.05) is 12.6 Å². The highest BCUT2D eigenvalue weighted by molar-refractivity contribution is 9.10. The Morgan fingerprint density at radius 1 is 1.15 bits per heavy atom. The molecule has 1 aromatic carbocycles. The van der Waals surface area contributed by atoms with Crippen LogP contribution in [0.15, 0.2) is 35.1 Å². The molecule has 104 valence electrons. The maximum Gasteiger partial charge on any atom is 0.146 e. The molecule has 0 aliphatic heterocycles. The molecule has 1 aromatic heterocycles. The van der Waals surface area contributed by atoms with E-state index in [4.69, 9.17) is 0 Å². The van der Waals surface area contributed by atoms with Crippen LogP contribution in [0.3, 0.4) is 0 Å². The van der Waals surface area contributed by atoms with Gasteiger partial charge in [-0.15, -0.1) is 0 Å². The van der Waals surface area contributed by atoms with Crippen molar-refractivity contribution in [1.82, 2.24) is 9.97 Å². The molecule has 20 heavy (non-hydrogen) atoms. The van der Waals surface area contributed by atoms with Gasteiger partial charge in [0.15, 0.2) is 0 Å². The van der Waals surface area contributed by atoms with Crippen LogP contribution in [0, 0.1) is 0 Å². The van der Waals surface area contributed by atoms with E-state index in [1.165, 1.54) is 11.1 Å². The first-order valence-corrected chi connectivity index (χ1v) is 7.65. The first kappa shape index (κ1) is 13.4. The van der Waals surface area contributed by atoms with Crippen molar-refractivity contribution in [2.75, 3.05) is 17.2 Å². The largest absolute Gasteiger partial charge is 0.369 e. The maximum atomic E-state index is 4.34. The lowest BCUT2D eigenvalue weighted by atomic mass is 10.1. The minimum absolute atomic E-state index is 0.396. The summed E-state index contributed by atoms with van der Waals surface area (Å²) >= 11 is 3.57. The topological polar surface area (TPSA) is 49.8 Å². The zero-order valence-electron chi connectivity index (χ0n) is 11.4. The van der Waals surface area contributed by atoms with Crippen molar-refractivity contribution < 1.29 is 0 Å². The lowest BCUT2D eigenvalue weighted by Gasteiger charge is -2.15. The van der Waals surface area contributed by atoms with Gasteiger partial charge in [0.05, 0.1) is 0 Å². The Morgan fingerprint density at radius 3 is 2.45 bits per heavy atom. The third-order valence-electron chi connectivity index (χ3n) is 3.53. The number of aromatic nitrogens is 2. The monoisotopic (exact) mass is 332 g/mol. The second-order valence-corrected chi connectivity index (χ2v) is 5.73. The van der Waals surface area contributed by atoms with E-state index in [0.29, 0.717) is 6.04 Å². The van der Waals surface area contributed by atoms with E-state index in [2.05, 4.69) is 67.7 Å². The molecular weight excluding hydrogens is 316 g/mol. The van der Waals surface area contributed by atoms with Crippen LogP contribution in [0.2, 0.25) is 0 Å². The summed E-state index contributed by atoms with van der Waals surface area (Å²) in [7, 11) is 0. The van der Waals surface area contributed by atoms with Gasteiger partial charge in [0.2, 0.25) is 0 Å². The van der Waals surface area contributed by atoms with Crippen LogP contribution in [0.25, 0.3) is 0 Å². The van der Waals surface area contributed by atoms with Gasteiger partial charge < -0.3 is 10.6 Å². The molecular formula is C15H17BrN4. The zero-order chi connectivity index (χ0) is 13.9. The fraction of sp³-hybridized carbons (Fsp3) is 0.333. The average molecular weight is 333 g/mol. The van der Waals surface area contributed by atoms with Crippen molar-refractivity contribution in [3.63, 3.8) is 0 Å². The smallest absolute Gasteiger partial charge is 0.146 e. The lowest BCUT2D eigenvalue weighted by molar-refractivity contribution is 0.767. The minimum atomic E-state index is 0.396. The number of hydrogen-bond acceptors (Lipinski definition) is 4. The normalized spacial score (nSPS) is 14.1. The van der Waals surface area contributed by atoms with Gasteiger partial charge in [0.1, 0.15) is 22.4 Å². The Balaban J connectivity index is 1.75. The molecule has 1 heterocycles. The molecule has 0 unspecified atom stereocenters. The Hall–Kier alpha value is -1.62. The Labute approximate surface area is 127 Å². The highest BCUT2D eigenvalue weighted by atomic mass is 79.9. The van der Waals surface area contributed by atoms with E-state index in [1.54, 1.807) is 6.33 Å². The van der Waals surface area contributed by atoms with Crippen molar-refractivity contribution in [2.24, 2.45) is 0 Å². The maximum absolute atomic E-state index is 4.34. The van der Waals surface area contributed by atoms with Gasteiger partial charge in [-0.2, -0.15) is 0 Å². The second-order valence-electron chi connectivity index (χ2n) is 4.93. The number of nitrogens with one attached hydrogen (secondary N) is 2. The van der Waals surface area contributed by atoms with Crippen molar-refractivity contribution >= 4 is 27.6 Å². The Kier molecular flexibility index (Phi) is 3.87. The summed E-state index contributed by atoms with van der Waals surface area (Å²) in [5.41, 5.74) is 2.86. The molecule has 0 radical (unpaired) electrons. The molecule has 0 fully saturated rings. The fourth-order valence-electron chi connectivity index (χ4n) is 2.62. The van der Waals surface area contributed by atoms with E-state index in [9.17, 15) is 0 Å². The number of halogens is 1. The Morgan fingerprint density at radius 2 is 1.80 bits per heavy atom. The molecule has 3 rings (SSSR count). The quantitative estimate of drug-likeness (QED) is 0.902. The number of rotatable bonds is 4. The molecule has 4 nitrogen and oxygen atoms in total. The number of benzene rings is 1. The van der Waals surface area contributed by atoms with E-state index in [-0.39, 0.29) is 0 Å². The number of fused-ring (bicyclic) bond motifs is 1. The number of anilines is 2. The highest BCUT2D eigenvalue weighted by Crippen LogP contribution is 2.29. The molecule has 5 heteroatoms. The minimum Gasteiger partial charge on any atom is -0.369 e. The van der Waals surface area contributed by atoms with Crippen LogP contribution in [0.4, 0.5) is 11.6 Å². The summed E-state index contributed by atoms with van der Waals surface area (Å²) in [5.74, 6) is 1.69. The van der Waals surface area contributed by atoms with Crippen molar-refractivity contribution in [2.45, 2.75) is 25.8 Å². The molecule has 0 bridgehead atoms. The van der Waals surface area contributed by atoms with Crippen LogP contribution in [-0.2, 0) is 12.8 Å². The average Bonchev–Trinajstić information content (AvgIpc) is 2.86. The van der Waals surface area contributed by atoms with Gasteiger partial charge in [-0.05, 0) is 46.8 Å². The summed E-state index contributed by atoms with van der Waals surface area (Å²) < 4.78 is 0.901. The summed E-state index contributed by atoms with van der Waals surface area (Å²) in [4.78, 5) is 8.57. The Bertz CT molecular complexity index is 590. The molecule has 0 spiro atoms. The van der Waals surface area contributed by atoms with E-state index in [1.807, 2.05) is 0 Å². The van der Waals surface area contributed by atoms with Crippen molar-refractivity contribution in [1.29, 1.82) is 0 Å². The molecule has 0 amide bonds. The van der Waals surface area contributed by atoms with Crippen LogP contribution in [-0.4, -0.2) is 22.6 Å². The molecule has 1 aliphatic carbocycles. The van der Waals surface area contributed by atoms with Gasteiger partial charge in [-0.1, -0.05) is 24.3 Å². The van der Waals surface area contributed by atoms with Gasteiger partial charge in [-0.3, -0.25) is 0 Å². The van der Waals surface area contributed by atoms with Crippen molar-refractivity contribution in [3.8, 4) is 0 Å². The molecule has 0 atom stereocenters. The highest BCUT2D eigenvalue weighted by Gasteiger charge is 2.22. The van der Waals surface area contributed by atoms with Crippen LogP contribution < -0.4 is 10.6 Å². The van der Waals surface area contributed by atoms with Crippen LogP contribution in [0.1, 0.15) is 18.1 Å². The molecule has 1 aliphatic rings. The summed E-state index contributed by atoms with van der Waals surface area (Å²) in [6, 6.07) is 9.01. The summed E-state index contributed by atoms with van der Waals surface area (Å²) in [6.07, 6.45) is 3.68. The van der Waals surface area contributed by atoms with E-state index < -0.39 is 0 Å². The standard InChI is InChI=1S/C15H17BrN4/c1-2-17-14-13(16)15(19-9-18-14)20-12-7-10-5-3-4-6-11(10)8-12/h3-6,9,12H,2,7-8H2,1H3,(H2,17,18,19,20). The molecule has 2 N–H and O–H groups in total. The first-order chi connectivity index (χ1) is 9.78. The summed E-state index contributed by atoms with van der Waals surface area (Å²) in [5, 5.41) is 6.74. The van der Waals surface area contributed by atoms with Gasteiger partial charge in [0.25, 0.3) is 0 Å². The molecule has 0 saturated heterocycles. The zero-order valence-corrected chi connectivity index (χ0v) is 12.9. The van der Waals surface area contributed by atoms with Crippen LogP contribution in [0.5, 0.6) is 0 Å². The molecule has 0 saturated carbocycles. The van der Waals surface area contributed by atoms with Crippen LogP contribution >= 0.6 is 15.9 Å². The fourth-order valence-corrected chi connectivity index (χ4v) is 3.07. The SMILES string of the molecule is CCNc1ncnc(NC2Cc3ccccc3C2)c1Br. The first-order valence-electron chi connectivity index (χ1n) is 6.85. The third kappa shape index (κ3) is 2.63. The van der Waals surface area contributed by atoms with E-state index in [0.717, 1.165) is 35.5 Å². The second kappa shape index (κ2) is 5.79. The lowest BCUT2D eigenvalue weighted by Crippen LogP contribution is -2.21. The van der Waals surface area contributed by atoms with E-state index >= 15 is 0 Å². The predicted octanol–water partition coefficient (Wildman–Crippen LogP) is 3.25.